The maximum absolute atomic E-state index is 13.1. The van der Waals surface area contributed by atoms with Gasteiger partial charge in [-0.3, -0.25) is 14.2 Å². The smallest absolute Gasteiger partial charge is 0.262 e. The van der Waals surface area contributed by atoms with Gasteiger partial charge in [0, 0.05) is 20.1 Å². The van der Waals surface area contributed by atoms with E-state index < -0.39 is 0 Å². The number of amides is 1. The van der Waals surface area contributed by atoms with Crippen LogP contribution in [0.5, 0.6) is 0 Å². The molecule has 0 saturated heterocycles. The zero-order chi connectivity index (χ0) is 19.3. The van der Waals surface area contributed by atoms with Gasteiger partial charge in [-0.05, 0) is 31.4 Å². The van der Waals surface area contributed by atoms with Gasteiger partial charge in [0.2, 0.25) is 5.91 Å². The predicted molar refractivity (Wildman–Crippen MR) is 109 cm³/mol. The van der Waals surface area contributed by atoms with Crippen LogP contribution >= 0.6 is 11.8 Å². The number of carbonyl (C=O) groups excluding carboxylic acids is 1. The quantitative estimate of drug-likeness (QED) is 0.518. The average Bonchev–Trinajstić information content (AvgIpc) is 2.59. The predicted octanol–water partition coefficient (Wildman–Crippen LogP) is 3.96. The molecule has 6 heteroatoms. The molecule has 2 aromatic rings. The van der Waals surface area contributed by atoms with Crippen LogP contribution in [0.15, 0.2) is 34.2 Å². The molecule has 26 heavy (non-hydrogen) atoms. The number of rotatable bonds is 8. The summed E-state index contributed by atoms with van der Waals surface area (Å²) < 4.78 is 1.77. The summed E-state index contributed by atoms with van der Waals surface area (Å²) in [6, 6.07) is 7.46. The first-order valence-electron chi connectivity index (χ1n) is 9.15. The minimum absolute atomic E-state index is 0.0106. The highest BCUT2D eigenvalue weighted by Gasteiger charge is 2.18. The van der Waals surface area contributed by atoms with Crippen molar-refractivity contribution >= 4 is 28.6 Å². The van der Waals surface area contributed by atoms with Gasteiger partial charge >= 0.3 is 0 Å². The van der Waals surface area contributed by atoms with E-state index in [0.717, 1.165) is 19.3 Å². The van der Waals surface area contributed by atoms with Gasteiger partial charge in [-0.15, -0.1) is 0 Å². The van der Waals surface area contributed by atoms with Gasteiger partial charge in [0.15, 0.2) is 5.16 Å². The Morgan fingerprint density at radius 1 is 1.19 bits per heavy atom. The Kier molecular flexibility index (Phi) is 7.26. The molecular weight excluding hydrogens is 346 g/mol. The first kappa shape index (κ1) is 20.5. The molecular formula is C20H29N3O2S. The van der Waals surface area contributed by atoms with Gasteiger partial charge in [-0.25, -0.2) is 4.98 Å². The molecule has 0 fully saturated rings. The summed E-state index contributed by atoms with van der Waals surface area (Å²) in [6.07, 6.45) is 3.13. The highest BCUT2D eigenvalue weighted by molar-refractivity contribution is 7.99. The molecule has 1 aromatic heterocycles. The molecule has 0 aliphatic rings. The van der Waals surface area contributed by atoms with E-state index in [1.165, 1.54) is 11.8 Å². The standard InChI is InChI=1S/C20H29N3O2S/c1-14(2)9-8-10-15(3)23-19(25)16-11-6-7-12-17(16)21-20(23)26-13-18(24)22(4)5/h6-7,11-12,14-15H,8-10,13H2,1-5H3. The van der Waals surface area contributed by atoms with E-state index in [4.69, 9.17) is 0 Å². The molecule has 0 aliphatic heterocycles. The van der Waals surface area contributed by atoms with Crippen LogP contribution in [0.2, 0.25) is 0 Å². The van der Waals surface area contributed by atoms with Gasteiger partial charge in [0.1, 0.15) is 0 Å². The van der Waals surface area contributed by atoms with Gasteiger partial charge in [-0.2, -0.15) is 0 Å². The van der Waals surface area contributed by atoms with E-state index >= 15 is 0 Å². The van der Waals surface area contributed by atoms with Gasteiger partial charge in [0.05, 0.1) is 16.7 Å². The van der Waals surface area contributed by atoms with Crippen molar-refractivity contribution in [3.8, 4) is 0 Å². The zero-order valence-electron chi connectivity index (χ0n) is 16.4. The van der Waals surface area contributed by atoms with E-state index in [9.17, 15) is 9.59 Å². The summed E-state index contributed by atoms with van der Waals surface area (Å²) in [4.78, 5) is 31.3. The average molecular weight is 376 g/mol. The largest absolute Gasteiger partial charge is 0.348 e. The molecule has 1 aromatic carbocycles. The van der Waals surface area contributed by atoms with Crippen LogP contribution in [0, 0.1) is 5.92 Å². The van der Waals surface area contributed by atoms with Crippen LogP contribution in [0.4, 0.5) is 0 Å². The minimum Gasteiger partial charge on any atom is -0.348 e. The normalized spacial score (nSPS) is 12.5. The summed E-state index contributed by atoms with van der Waals surface area (Å²) >= 11 is 1.34. The molecule has 1 unspecified atom stereocenters. The Morgan fingerprint density at radius 2 is 1.88 bits per heavy atom. The maximum Gasteiger partial charge on any atom is 0.262 e. The van der Waals surface area contributed by atoms with E-state index in [1.807, 2.05) is 24.3 Å². The molecule has 0 saturated carbocycles. The lowest BCUT2D eigenvalue weighted by atomic mass is 10.0. The summed E-state index contributed by atoms with van der Waals surface area (Å²) in [5, 5.41) is 1.26. The monoisotopic (exact) mass is 375 g/mol. The molecule has 0 N–H and O–H groups in total. The SMILES string of the molecule is CC(C)CCCC(C)n1c(SCC(=O)N(C)C)nc2ccccc2c1=O. The topological polar surface area (TPSA) is 55.2 Å². The second kappa shape index (κ2) is 9.21. The first-order chi connectivity index (χ1) is 12.3. The molecule has 0 aliphatic carbocycles. The molecule has 5 nitrogen and oxygen atoms in total. The first-order valence-corrected chi connectivity index (χ1v) is 10.1. The molecule has 0 radical (unpaired) electrons. The van der Waals surface area contributed by atoms with Gasteiger partial charge < -0.3 is 4.90 Å². The van der Waals surface area contributed by atoms with Crippen molar-refractivity contribution in [1.29, 1.82) is 0 Å². The van der Waals surface area contributed by atoms with Crippen LogP contribution in [-0.4, -0.2) is 40.2 Å². The Balaban J connectivity index is 2.37. The highest BCUT2D eigenvalue weighted by Crippen LogP contribution is 2.24. The number of nitrogens with zero attached hydrogens (tertiary/aromatic N) is 3. The molecule has 1 amide bonds. The van der Waals surface area contributed by atoms with E-state index in [2.05, 4.69) is 25.8 Å². The lowest BCUT2D eigenvalue weighted by Crippen LogP contribution is -2.28. The van der Waals surface area contributed by atoms with E-state index in [1.54, 1.807) is 23.6 Å². The Labute approximate surface area is 159 Å². The molecule has 142 valence electrons. The van der Waals surface area contributed by atoms with Crippen molar-refractivity contribution in [2.24, 2.45) is 5.92 Å². The van der Waals surface area contributed by atoms with Crippen molar-refractivity contribution in [2.75, 3.05) is 19.8 Å². The molecule has 0 bridgehead atoms. The number of fused-ring (bicyclic) bond motifs is 1. The van der Waals surface area contributed by atoms with Crippen LogP contribution in [-0.2, 0) is 4.79 Å². The Bertz CT molecular complexity index is 814. The van der Waals surface area contributed by atoms with E-state index in [0.29, 0.717) is 22.0 Å². The van der Waals surface area contributed by atoms with Gasteiger partial charge in [0.25, 0.3) is 5.56 Å². The summed E-state index contributed by atoms with van der Waals surface area (Å²) in [6.45, 7) is 6.49. The van der Waals surface area contributed by atoms with Crippen molar-refractivity contribution in [2.45, 2.75) is 51.2 Å². The van der Waals surface area contributed by atoms with Crippen LogP contribution in [0.25, 0.3) is 10.9 Å². The number of para-hydroxylation sites is 1. The van der Waals surface area contributed by atoms with Crippen molar-refractivity contribution in [3.05, 3.63) is 34.6 Å². The number of aromatic nitrogens is 2. The third kappa shape index (κ3) is 5.10. The highest BCUT2D eigenvalue weighted by atomic mass is 32.2. The number of hydrogen-bond acceptors (Lipinski definition) is 4. The second-order valence-electron chi connectivity index (χ2n) is 7.34. The summed E-state index contributed by atoms with van der Waals surface area (Å²) in [5.74, 6) is 0.938. The lowest BCUT2D eigenvalue weighted by Gasteiger charge is -2.20. The van der Waals surface area contributed by atoms with Crippen LogP contribution in [0.1, 0.15) is 46.1 Å². The molecule has 1 heterocycles. The summed E-state index contributed by atoms with van der Waals surface area (Å²) in [7, 11) is 3.47. The summed E-state index contributed by atoms with van der Waals surface area (Å²) in [5.41, 5.74) is 0.662. The Morgan fingerprint density at radius 3 is 2.54 bits per heavy atom. The third-order valence-electron chi connectivity index (χ3n) is 4.44. The third-order valence-corrected chi connectivity index (χ3v) is 5.38. The van der Waals surface area contributed by atoms with Crippen LogP contribution < -0.4 is 5.56 Å². The molecule has 2 rings (SSSR count). The Hall–Kier alpha value is -1.82. The fourth-order valence-corrected chi connectivity index (χ4v) is 3.90. The lowest BCUT2D eigenvalue weighted by molar-refractivity contribution is -0.125. The van der Waals surface area contributed by atoms with Gasteiger partial charge in [-0.1, -0.05) is 50.6 Å². The molecule has 0 spiro atoms. The van der Waals surface area contributed by atoms with Crippen molar-refractivity contribution < 1.29 is 4.79 Å². The van der Waals surface area contributed by atoms with E-state index in [-0.39, 0.29) is 23.3 Å². The van der Waals surface area contributed by atoms with Crippen LogP contribution in [0.3, 0.4) is 0 Å². The van der Waals surface area contributed by atoms with Crippen molar-refractivity contribution in [1.82, 2.24) is 14.5 Å². The number of benzene rings is 1. The fourth-order valence-electron chi connectivity index (χ4n) is 2.82. The second-order valence-corrected chi connectivity index (χ2v) is 8.28. The zero-order valence-corrected chi connectivity index (χ0v) is 17.2. The maximum atomic E-state index is 13.1. The molecule has 1 atom stereocenters. The van der Waals surface area contributed by atoms with Crippen molar-refractivity contribution in [3.63, 3.8) is 0 Å². The minimum atomic E-state index is -0.0209. The number of thioether (sulfide) groups is 1. The number of hydrogen-bond donors (Lipinski definition) is 0. The fraction of sp³-hybridized carbons (Fsp3) is 0.550. The number of carbonyl (C=O) groups is 1.